The molecule has 0 saturated carbocycles. The van der Waals surface area contributed by atoms with Crippen LogP contribution in [-0.4, -0.2) is 27.5 Å². The molecule has 0 atom stereocenters. The van der Waals surface area contributed by atoms with Crippen LogP contribution in [0.15, 0.2) is 71.9 Å². The Bertz CT molecular complexity index is 1040. The first-order valence-corrected chi connectivity index (χ1v) is 10.2. The maximum absolute atomic E-state index is 12.0. The predicted octanol–water partition coefficient (Wildman–Crippen LogP) is 4.34. The molecule has 0 spiro atoms. The van der Waals surface area contributed by atoms with Crippen molar-refractivity contribution in [1.82, 2.24) is 15.0 Å². The minimum absolute atomic E-state index is 0.0676. The number of nitrogens with one attached hydrogen (secondary N) is 2. The summed E-state index contributed by atoms with van der Waals surface area (Å²) in [6.07, 6.45) is 4.56. The van der Waals surface area contributed by atoms with Gasteiger partial charge in [-0.3, -0.25) is 4.79 Å². The lowest BCUT2D eigenvalue weighted by Crippen LogP contribution is -2.14. The number of rotatable bonds is 8. The van der Waals surface area contributed by atoms with Gasteiger partial charge in [0, 0.05) is 29.2 Å². The van der Waals surface area contributed by atoms with Gasteiger partial charge in [0.25, 0.3) is 0 Å². The third kappa shape index (κ3) is 5.08. The molecule has 0 aliphatic rings. The number of anilines is 1. The molecule has 0 radical (unpaired) electrons. The predicted molar refractivity (Wildman–Crippen MR) is 114 cm³/mol. The number of imidazole rings is 1. The molecule has 4 rings (SSSR count). The van der Waals surface area contributed by atoms with E-state index in [0.29, 0.717) is 6.61 Å². The molecule has 4 aromatic rings. The number of carbonyl (C=O) groups excluding carboxylic acids is 1. The summed E-state index contributed by atoms with van der Waals surface area (Å²) >= 11 is 1.49. The molecule has 29 heavy (non-hydrogen) atoms. The summed E-state index contributed by atoms with van der Waals surface area (Å²) < 4.78 is 5.99. The lowest BCUT2D eigenvalue weighted by atomic mass is 10.1. The molecule has 2 N–H and O–H groups in total. The number of H-pyrrole nitrogens is 1. The Morgan fingerprint density at radius 1 is 1.10 bits per heavy atom. The zero-order valence-corrected chi connectivity index (χ0v) is 16.5. The van der Waals surface area contributed by atoms with E-state index in [-0.39, 0.29) is 12.3 Å². The van der Waals surface area contributed by atoms with E-state index in [1.54, 1.807) is 11.8 Å². The van der Waals surface area contributed by atoms with Crippen molar-refractivity contribution in [3.05, 3.63) is 83.2 Å². The van der Waals surface area contributed by atoms with E-state index in [4.69, 9.17) is 4.74 Å². The number of benzene rings is 2. The molecule has 0 bridgehead atoms. The molecule has 0 fully saturated rings. The number of aromatic amines is 1. The Kier molecular flexibility index (Phi) is 5.97. The molecule has 2 aromatic heterocycles. The number of para-hydroxylation sites is 1. The number of aromatic nitrogens is 3. The summed E-state index contributed by atoms with van der Waals surface area (Å²) in [5, 5.41) is 4.78. The van der Waals surface area contributed by atoms with Gasteiger partial charge < -0.3 is 15.0 Å². The second-order valence-corrected chi connectivity index (χ2v) is 7.17. The highest BCUT2D eigenvalue weighted by atomic mass is 32.1. The van der Waals surface area contributed by atoms with Crippen molar-refractivity contribution in [2.45, 2.75) is 12.8 Å². The fraction of sp³-hybridized carbons (Fsp3) is 0.136. The van der Waals surface area contributed by atoms with Crippen molar-refractivity contribution < 1.29 is 9.53 Å². The first kappa shape index (κ1) is 18.9. The highest BCUT2D eigenvalue weighted by Crippen LogP contribution is 2.28. The Balaban J connectivity index is 1.29. The van der Waals surface area contributed by atoms with Gasteiger partial charge in [0.1, 0.15) is 5.75 Å². The van der Waals surface area contributed by atoms with Crippen molar-refractivity contribution in [1.29, 1.82) is 0 Å². The van der Waals surface area contributed by atoms with Crippen molar-refractivity contribution >= 4 is 22.9 Å². The van der Waals surface area contributed by atoms with Crippen molar-refractivity contribution in [3.8, 4) is 17.0 Å². The Hall–Kier alpha value is -3.45. The summed E-state index contributed by atoms with van der Waals surface area (Å²) in [6.45, 7) is 0.553. The van der Waals surface area contributed by atoms with Crippen LogP contribution in [-0.2, 0) is 17.6 Å². The van der Waals surface area contributed by atoms with Crippen LogP contribution in [0.5, 0.6) is 5.75 Å². The summed E-state index contributed by atoms with van der Waals surface area (Å²) in [5.74, 6) is 0.743. The number of amides is 1. The largest absolute Gasteiger partial charge is 0.493 e. The monoisotopic (exact) mass is 404 g/mol. The zero-order valence-electron chi connectivity index (χ0n) is 15.7. The van der Waals surface area contributed by atoms with Gasteiger partial charge in [-0.2, -0.15) is 0 Å². The molecule has 2 heterocycles. The van der Waals surface area contributed by atoms with Crippen LogP contribution in [0.4, 0.5) is 5.69 Å². The molecule has 6 nitrogen and oxygen atoms in total. The fourth-order valence-corrected chi connectivity index (χ4v) is 3.50. The number of ether oxygens (including phenoxy) is 1. The van der Waals surface area contributed by atoms with Gasteiger partial charge >= 0.3 is 0 Å². The van der Waals surface area contributed by atoms with E-state index in [2.05, 4.69) is 20.3 Å². The number of nitrogens with zero attached hydrogens (tertiary/aromatic N) is 2. The third-order valence-corrected chi connectivity index (χ3v) is 5.01. The Morgan fingerprint density at radius 2 is 1.97 bits per heavy atom. The second-order valence-electron chi connectivity index (χ2n) is 6.45. The highest BCUT2D eigenvalue weighted by Gasteiger charge is 2.08. The Labute approximate surface area is 172 Å². The molecule has 7 heteroatoms. The van der Waals surface area contributed by atoms with Crippen molar-refractivity contribution in [3.63, 3.8) is 0 Å². The van der Waals surface area contributed by atoms with Gasteiger partial charge in [-0.1, -0.05) is 24.3 Å². The van der Waals surface area contributed by atoms with Crippen molar-refractivity contribution in [2.75, 3.05) is 11.9 Å². The average molecular weight is 404 g/mol. The first-order valence-electron chi connectivity index (χ1n) is 9.25. The second kappa shape index (κ2) is 9.16. The minimum atomic E-state index is -0.0676. The van der Waals surface area contributed by atoms with Crippen LogP contribution >= 0.6 is 11.3 Å². The molecular formula is C22H20N4O2S. The first-order chi connectivity index (χ1) is 14.3. The maximum atomic E-state index is 12.0. The van der Waals surface area contributed by atoms with Gasteiger partial charge in [0.15, 0.2) is 0 Å². The van der Waals surface area contributed by atoms with Crippen LogP contribution in [0.25, 0.3) is 11.3 Å². The topological polar surface area (TPSA) is 79.9 Å². The van der Waals surface area contributed by atoms with Gasteiger partial charge in [-0.25, -0.2) is 9.97 Å². The quantitative estimate of drug-likeness (QED) is 0.458. The van der Waals surface area contributed by atoms with E-state index in [9.17, 15) is 4.79 Å². The standard InChI is InChI=1S/C22H20N4O2S/c27-22(11-18-13-29-15-25-18)26-17-7-5-16(6-8-17)9-10-28-21-4-2-1-3-19(21)20-12-23-14-24-20/h1-8,12-15H,9-11H2,(H,23,24)(H,26,27). The molecule has 2 aromatic carbocycles. The highest BCUT2D eigenvalue weighted by molar-refractivity contribution is 7.07. The third-order valence-electron chi connectivity index (χ3n) is 4.37. The summed E-state index contributed by atoms with van der Waals surface area (Å²) in [4.78, 5) is 23.4. The molecule has 146 valence electrons. The Morgan fingerprint density at radius 3 is 2.72 bits per heavy atom. The van der Waals surface area contributed by atoms with Gasteiger partial charge in [0.2, 0.25) is 5.91 Å². The van der Waals surface area contributed by atoms with Gasteiger partial charge in [-0.05, 0) is 29.8 Å². The normalized spacial score (nSPS) is 10.6. The van der Waals surface area contributed by atoms with E-state index in [1.165, 1.54) is 11.3 Å². The molecule has 0 aliphatic heterocycles. The SMILES string of the molecule is O=C(Cc1cscn1)Nc1ccc(CCOc2ccccc2-c2c[nH]cn2)cc1. The molecular weight excluding hydrogens is 384 g/mol. The number of carbonyl (C=O) groups is 1. The smallest absolute Gasteiger partial charge is 0.230 e. The maximum Gasteiger partial charge on any atom is 0.230 e. The fourth-order valence-electron chi connectivity index (χ4n) is 2.94. The number of hydrogen-bond donors (Lipinski definition) is 2. The van der Waals surface area contributed by atoms with Crippen molar-refractivity contribution in [2.24, 2.45) is 0 Å². The van der Waals surface area contributed by atoms with E-state index < -0.39 is 0 Å². The summed E-state index contributed by atoms with van der Waals surface area (Å²) in [7, 11) is 0. The zero-order chi connectivity index (χ0) is 19.9. The van der Waals surface area contributed by atoms with Crippen LogP contribution in [0.2, 0.25) is 0 Å². The molecule has 1 amide bonds. The van der Waals surface area contributed by atoms with Crippen LogP contribution in [0.3, 0.4) is 0 Å². The lowest BCUT2D eigenvalue weighted by molar-refractivity contribution is -0.115. The van der Waals surface area contributed by atoms with E-state index in [1.807, 2.05) is 60.1 Å². The van der Waals surface area contributed by atoms with E-state index >= 15 is 0 Å². The van der Waals surface area contributed by atoms with Gasteiger partial charge in [0.05, 0.1) is 36.3 Å². The van der Waals surface area contributed by atoms with Crippen LogP contribution < -0.4 is 10.1 Å². The van der Waals surface area contributed by atoms with Crippen LogP contribution in [0.1, 0.15) is 11.3 Å². The lowest BCUT2D eigenvalue weighted by Gasteiger charge is -2.10. The molecule has 0 aliphatic carbocycles. The molecule has 0 saturated heterocycles. The number of hydrogen-bond acceptors (Lipinski definition) is 5. The minimum Gasteiger partial charge on any atom is -0.493 e. The summed E-state index contributed by atoms with van der Waals surface area (Å²) in [5.41, 5.74) is 6.26. The number of thiazole rings is 1. The van der Waals surface area contributed by atoms with E-state index in [0.717, 1.165) is 40.4 Å². The average Bonchev–Trinajstić information content (AvgIpc) is 3.44. The van der Waals surface area contributed by atoms with Crippen LogP contribution in [0, 0.1) is 0 Å². The summed E-state index contributed by atoms with van der Waals surface area (Å²) in [6, 6.07) is 15.7. The van der Waals surface area contributed by atoms with Gasteiger partial charge in [-0.15, -0.1) is 11.3 Å². The molecule has 0 unspecified atom stereocenters.